The SMILES string of the molecule is CCC1C(=O)CC1c1c(F)cccc1F. The lowest BCUT2D eigenvalue weighted by Gasteiger charge is -2.34. The third-order valence-corrected chi connectivity index (χ3v) is 3.13. The van der Waals surface area contributed by atoms with Crippen LogP contribution in [0.1, 0.15) is 31.2 Å². The summed E-state index contributed by atoms with van der Waals surface area (Å²) in [4.78, 5) is 11.2. The molecule has 3 heteroatoms. The smallest absolute Gasteiger partial charge is 0.137 e. The van der Waals surface area contributed by atoms with E-state index in [1.54, 1.807) is 0 Å². The highest BCUT2D eigenvalue weighted by Crippen LogP contribution is 2.43. The molecule has 0 N–H and O–H groups in total. The summed E-state index contributed by atoms with van der Waals surface area (Å²) in [5, 5.41) is 0. The van der Waals surface area contributed by atoms with E-state index in [9.17, 15) is 13.6 Å². The number of halogens is 2. The summed E-state index contributed by atoms with van der Waals surface area (Å²) in [6.45, 7) is 1.87. The Morgan fingerprint density at radius 3 is 2.40 bits per heavy atom. The van der Waals surface area contributed by atoms with Gasteiger partial charge in [-0.2, -0.15) is 0 Å². The molecule has 2 rings (SSSR count). The second-order valence-electron chi connectivity index (χ2n) is 3.93. The van der Waals surface area contributed by atoms with Gasteiger partial charge in [-0.1, -0.05) is 13.0 Å². The first-order valence-electron chi connectivity index (χ1n) is 5.11. The van der Waals surface area contributed by atoms with Crippen molar-refractivity contribution in [3.05, 3.63) is 35.4 Å². The van der Waals surface area contributed by atoms with Gasteiger partial charge in [-0.15, -0.1) is 0 Å². The van der Waals surface area contributed by atoms with Crippen LogP contribution in [0.25, 0.3) is 0 Å². The van der Waals surface area contributed by atoms with Crippen molar-refractivity contribution in [1.29, 1.82) is 0 Å². The van der Waals surface area contributed by atoms with Gasteiger partial charge < -0.3 is 0 Å². The van der Waals surface area contributed by atoms with Crippen molar-refractivity contribution in [1.82, 2.24) is 0 Å². The molecule has 2 unspecified atom stereocenters. The molecule has 0 aromatic heterocycles. The van der Waals surface area contributed by atoms with Crippen LogP contribution in [0.5, 0.6) is 0 Å². The zero-order valence-electron chi connectivity index (χ0n) is 8.47. The van der Waals surface area contributed by atoms with Gasteiger partial charge in [-0.05, 0) is 18.6 Å². The first-order valence-corrected chi connectivity index (χ1v) is 5.11. The Morgan fingerprint density at radius 2 is 1.93 bits per heavy atom. The maximum Gasteiger partial charge on any atom is 0.137 e. The van der Waals surface area contributed by atoms with Crippen LogP contribution in [0.15, 0.2) is 18.2 Å². The molecule has 0 bridgehead atoms. The minimum atomic E-state index is -0.536. The van der Waals surface area contributed by atoms with Crippen LogP contribution in [-0.4, -0.2) is 5.78 Å². The van der Waals surface area contributed by atoms with Crippen LogP contribution in [0, 0.1) is 17.6 Å². The fraction of sp³-hybridized carbons (Fsp3) is 0.417. The molecule has 1 saturated carbocycles. The van der Waals surface area contributed by atoms with Crippen molar-refractivity contribution in [3.8, 4) is 0 Å². The molecule has 0 spiro atoms. The van der Waals surface area contributed by atoms with Gasteiger partial charge in [-0.3, -0.25) is 4.79 Å². The highest BCUT2D eigenvalue weighted by atomic mass is 19.1. The molecule has 0 amide bonds. The number of carbonyl (C=O) groups is 1. The van der Waals surface area contributed by atoms with Crippen LogP contribution in [0.4, 0.5) is 8.78 Å². The van der Waals surface area contributed by atoms with Gasteiger partial charge in [0.1, 0.15) is 17.4 Å². The largest absolute Gasteiger partial charge is 0.299 e. The molecule has 1 aliphatic carbocycles. The van der Waals surface area contributed by atoms with E-state index in [1.165, 1.54) is 18.2 Å². The first-order chi connectivity index (χ1) is 7.15. The van der Waals surface area contributed by atoms with Gasteiger partial charge in [0.05, 0.1) is 0 Å². The molecule has 0 heterocycles. The molecular weight excluding hydrogens is 198 g/mol. The Labute approximate surface area is 87.1 Å². The molecule has 80 valence electrons. The molecule has 0 aliphatic heterocycles. The summed E-state index contributed by atoms with van der Waals surface area (Å²) in [5.74, 6) is -1.41. The van der Waals surface area contributed by atoms with Gasteiger partial charge in [0.25, 0.3) is 0 Å². The average Bonchev–Trinajstić information content (AvgIpc) is 2.16. The highest BCUT2D eigenvalue weighted by molar-refractivity contribution is 5.89. The summed E-state index contributed by atoms with van der Waals surface area (Å²) in [6.07, 6.45) is 0.924. The number of benzene rings is 1. The van der Waals surface area contributed by atoms with Crippen molar-refractivity contribution in [3.63, 3.8) is 0 Å². The maximum atomic E-state index is 13.4. The van der Waals surface area contributed by atoms with Crippen molar-refractivity contribution in [2.24, 2.45) is 5.92 Å². The lowest BCUT2D eigenvalue weighted by molar-refractivity contribution is -0.131. The molecule has 1 fully saturated rings. The summed E-state index contributed by atoms with van der Waals surface area (Å²) in [5.41, 5.74) is 0.0870. The van der Waals surface area contributed by atoms with Gasteiger partial charge in [-0.25, -0.2) is 8.78 Å². The van der Waals surface area contributed by atoms with Crippen molar-refractivity contribution in [2.45, 2.75) is 25.7 Å². The van der Waals surface area contributed by atoms with Gasteiger partial charge in [0.15, 0.2) is 0 Å². The molecular formula is C12H12F2O. The molecule has 1 aliphatic rings. The van der Waals surface area contributed by atoms with E-state index in [0.29, 0.717) is 6.42 Å². The third-order valence-electron chi connectivity index (χ3n) is 3.13. The maximum absolute atomic E-state index is 13.4. The molecule has 1 aromatic carbocycles. The lowest BCUT2D eigenvalue weighted by Crippen LogP contribution is -2.35. The Hall–Kier alpha value is -1.25. The topological polar surface area (TPSA) is 17.1 Å². The van der Waals surface area contributed by atoms with Crippen LogP contribution >= 0.6 is 0 Å². The summed E-state index contributed by atoms with van der Waals surface area (Å²) < 4.78 is 26.8. The molecule has 15 heavy (non-hydrogen) atoms. The van der Waals surface area contributed by atoms with Crippen LogP contribution < -0.4 is 0 Å². The zero-order valence-corrected chi connectivity index (χ0v) is 8.47. The molecule has 1 aromatic rings. The highest BCUT2D eigenvalue weighted by Gasteiger charge is 2.41. The van der Waals surface area contributed by atoms with Crippen LogP contribution in [0.3, 0.4) is 0 Å². The van der Waals surface area contributed by atoms with Crippen LogP contribution in [-0.2, 0) is 4.79 Å². The van der Waals surface area contributed by atoms with Crippen molar-refractivity contribution < 1.29 is 13.6 Å². The van der Waals surface area contributed by atoms with E-state index >= 15 is 0 Å². The predicted molar refractivity (Wildman–Crippen MR) is 52.5 cm³/mol. The standard InChI is InChI=1S/C12H12F2O/c1-2-7-8(6-11(7)15)12-9(13)4-3-5-10(12)14/h3-5,7-8H,2,6H2,1H3. The average molecular weight is 210 g/mol. The Balaban J connectivity index is 2.35. The Bertz CT molecular complexity index is 380. The number of Topliss-reactive ketones (excluding diaryl/α,β-unsaturated/α-hetero) is 1. The number of rotatable bonds is 2. The second-order valence-corrected chi connectivity index (χ2v) is 3.93. The van der Waals surface area contributed by atoms with Gasteiger partial charge >= 0.3 is 0 Å². The second kappa shape index (κ2) is 3.72. The number of hydrogen-bond acceptors (Lipinski definition) is 1. The van der Waals surface area contributed by atoms with Crippen molar-refractivity contribution >= 4 is 5.78 Å². The lowest BCUT2D eigenvalue weighted by atomic mass is 9.67. The van der Waals surface area contributed by atoms with E-state index in [-0.39, 0.29) is 29.6 Å². The minimum absolute atomic E-state index is 0.0870. The van der Waals surface area contributed by atoms with E-state index in [0.717, 1.165) is 0 Å². The first kappa shape index (κ1) is 10.3. The van der Waals surface area contributed by atoms with Gasteiger partial charge in [0, 0.05) is 23.8 Å². The Morgan fingerprint density at radius 1 is 1.33 bits per heavy atom. The van der Waals surface area contributed by atoms with Crippen LogP contribution in [0.2, 0.25) is 0 Å². The van der Waals surface area contributed by atoms with E-state index in [1.807, 2.05) is 6.92 Å². The monoisotopic (exact) mass is 210 g/mol. The quantitative estimate of drug-likeness (QED) is 0.733. The zero-order chi connectivity index (χ0) is 11.0. The Kier molecular flexibility index (Phi) is 2.55. The predicted octanol–water partition coefficient (Wildman–Crippen LogP) is 3.05. The third kappa shape index (κ3) is 1.56. The number of ketones is 1. The van der Waals surface area contributed by atoms with E-state index in [2.05, 4.69) is 0 Å². The molecule has 0 saturated heterocycles. The van der Waals surface area contributed by atoms with E-state index < -0.39 is 11.6 Å². The number of carbonyl (C=O) groups excluding carboxylic acids is 1. The minimum Gasteiger partial charge on any atom is -0.299 e. The van der Waals surface area contributed by atoms with E-state index in [4.69, 9.17) is 0 Å². The summed E-state index contributed by atoms with van der Waals surface area (Å²) in [7, 11) is 0. The van der Waals surface area contributed by atoms with Gasteiger partial charge in [0.2, 0.25) is 0 Å². The fourth-order valence-corrected chi connectivity index (χ4v) is 2.25. The normalized spacial score (nSPS) is 25.1. The fourth-order valence-electron chi connectivity index (χ4n) is 2.25. The number of hydrogen-bond donors (Lipinski definition) is 0. The molecule has 2 atom stereocenters. The molecule has 1 nitrogen and oxygen atoms in total. The summed E-state index contributed by atoms with van der Waals surface area (Å²) >= 11 is 0. The van der Waals surface area contributed by atoms with Crippen molar-refractivity contribution in [2.75, 3.05) is 0 Å². The summed E-state index contributed by atoms with van der Waals surface area (Å²) in [6, 6.07) is 3.83. The molecule has 0 radical (unpaired) electrons.